The Balaban J connectivity index is 1.90. The van der Waals surface area contributed by atoms with Crippen LogP contribution in [0.3, 0.4) is 0 Å². The molecule has 2 aromatic rings. The summed E-state index contributed by atoms with van der Waals surface area (Å²) in [5.74, 6) is -0.376. The fourth-order valence-corrected chi connectivity index (χ4v) is 2.16. The van der Waals surface area contributed by atoms with Crippen LogP contribution in [0, 0.1) is 11.6 Å². The van der Waals surface area contributed by atoms with E-state index in [1.807, 2.05) is 4.90 Å². The summed E-state index contributed by atoms with van der Waals surface area (Å²) in [5.41, 5.74) is 5.88. The molecule has 19 heavy (non-hydrogen) atoms. The molecule has 7 heteroatoms. The van der Waals surface area contributed by atoms with E-state index in [2.05, 4.69) is 15.2 Å². The lowest BCUT2D eigenvalue weighted by atomic mass is 10.2. The summed E-state index contributed by atoms with van der Waals surface area (Å²) in [6, 6.07) is 3.33. The second-order valence-corrected chi connectivity index (χ2v) is 4.60. The number of halogens is 2. The molecule has 2 heterocycles. The molecule has 1 aromatic carbocycles. The van der Waals surface area contributed by atoms with Crippen LogP contribution < -0.4 is 10.6 Å². The molecule has 1 aliphatic heterocycles. The van der Waals surface area contributed by atoms with Gasteiger partial charge in [0, 0.05) is 19.1 Å². The van der Waals surface area contributed by atoms with Crippen molar-refractivity contribution in [3.05, 3.63) is 29.8 Å². The van der Waals surface area contributed by atoms with Gasteiger partial charge in [-0.3, -0.25) is 5.10 Å². The van der Waals surface area contributed by atoms with Gasteiger partial charge in [0.05, 0.1) is 5.56 Å². The van der Waals surface area contributed by atoms with Crippen LogP contribution >= 0.6 is 0 Å². The van der Waals surface area contributed by atoms with Gasteiger partial charge in [-0.1, -0.05) is 0 Å². The van der Waals surface area contributed by atoms with Crippen LogP contribution in [0.4, 0.5) is 14.7 Å². The number of nitrogens with one attached hydrogen (secondary N) is 1. The molecule has 0 spiro atoms. The molecule has 0 radical (unpaired) electrons. The van der Waals surface area contributed by atoms with E-state index in [9.17, 15) is 8.78 Å². The molecular weight excluding hydrogens is 252 g/mol. The Morgan fingerprint density at radius 3 is 2.95 bits per heavy atom. The van der Waals surface area contributed by atoms with Gasteiger partial charge in [0.1, 0.15) is 11.6 Å². The molecule has 100 valence electrons. The Morgan fingerprint density at radius 1 is 1.37 bits per heavy atom. The van der Waals surface area contributed by atoms with Gasteiger partial charge in [0.15, 0.2) is 5.82 Å². The lowest BCUT2D eigenvalue weighted by Crippen LogP contribution is -2.26. The van der Waals surface area contributed by atoms with Crippen molar-refractivity contribution in [2.75, 3.05) is 18.0 Å². The third kappa shape index (κ3) is 2.28. The monoisotopic (exact) mass is 265 g/mol. The largest absolute Gasteiger partial charge is 0.338 e. The summed E-state index contributed by atoms with van der Waals surface area (Å²) >= 11 is 0. The van der Waals surface area contributed by atoms with E-state index >= 15 is 0 Å². The zero-order chi connectivity index (χ0) is 13.4. The summed E-state index contributed by atoms with van der Waals surface area (Å²) in [7, 11) is 0. The summed E-state index contributed by atoms with van der Waals surface area (Å²) < 4.78 is 26.8. The number of aromatic nitrogens is 3. The second kappa shape index (κ2) is 4.58. The van der Waals surface area contributed by atoms with E-state index in [4.69, 9.17) is 5.73 Å². The molecule has 0 amide bonds. The van der Waals surface area contributed by atoms with Crippen molar-refractivity contribution >= 4 is 5.95 Å². The second-order valence-electron chi connectivity index (χ2n) is 4.60. The van der Waals surface area contributed by atoms with E-state index in [0.717, 1.165) is 31.2 Å². The lowest BCUT2D eigenvalue weighted by molar-refractivity contribution is 0.602. The third-order valence-corrected chi connectivity index (χ3v) is 3.16. The molecule has 1 saturated heterocycles. The fourth-order valence-electron chi connectivity index (χ4n) is 2.16. The average molecular weight is 265 g/mol. The van der Waals surface area contributed by atoms with Crippen molar-refractivity contribution in [1.82, 2.24) is 15.2 Å². The molecule has 3 N–H and O–H groups in total. The first-order valence-electron chi connectivity index (χ1n) is 6.02. The van der Waals surface area contributed by atoms with E-state index in [0.29, 0.717) is 12.5 Å². The summed E-state index contributed by atoms with van der Waals surface area (Å²) in [5, 5.41) is 6.66. The van der Waals surface area contributed by atoms with Gasteiger partial charge in [-0.05, 0) is 24.6 Å². The Hall–Kier alpha value is -2.02. The number of aromatic amines is 1. The molecule has 5 nitrogen and oxygen atoms in total. The van der Waals surface area contributed by atoms with Crippen LogP contribution in [-0.2, 0) is 0 Å². The summed E-state index contributed by atoms with van der Waals surface area (Å²) in [4.78, 5) is 6.11. The minimum Gasteiger partial charge on any atom is -0.338 e. The highest BCUT2D eigenvalue weighted by atomic mass is 19.1. The maximum absolute atomic E-state index is 13.6. The number of nitrogens with zero attached hydrogens (tertiary/aromatic N) is 3. The van der Waals surface area contributed by atoms with E-state index in [1.54, 1.807) is 0 Å². The van der Waals surface area contributed by atoms with Gasteiger partial charge in [0.2, 0.25) is 5.95 Å². The SMILES string of the molecule is NC1CCN(c2n[nH]c(-c3cc(F)ccc3F)n2)C1. The fraction of sp³-hybridized carbons (Fsp3) is 0.333. The summed E-state index contributed by atoms with van der Waals surface area (Å²) in [6.07, 6.45) is 0.873. The lowest BCUT2D eigenvalue weighted by Gasteiger charge is -2.11. The number of hydrogen-bond donors (Lipinski definition) is 2. The molecule has 1 atom stereocenters. The Kier molecular flexibility index (Phi) is 2.90. The first-order chi connectivity index (χ1) is 9.13. The zero-order valence-corrected chi connectivity index (χ0v) is 10.1. The molecular formula is C12H13F2N5. The van der Waals surface area contributed by atoms with Crippen LogP contribution in [0.25, 0.3) is 11.4 Å². The molecule has 0 saturated carbocycles. The highest BCUT2D eigenvalue weighted by Crippen LogP contribution is 2.23. The van der Waals surface area contributed by atoms with Crippen LogP contribution in [0.15, 0.2) is 18.2 Å². The van der Waals surface area contributed by atoms with Crippen LogP contribution in [0.5, 0.6) is 0 Å². The minimum absolute atomic E-state index is 0.0715. The number of H-pyrrole nitrogens is 1. The molecule has 1 aliphatic rings. The van der Waals surface area contributed by atoms with Crippen molar-refractivity contribution in [1.29, 1.82) is 0 Å². The number of nitrogens with two attached hydrogens (primary N) is 1. The molecule has 1 fully saturated rings. The highest BCUT2D eigenvalue weighted by Gasteiger charge is 2.23. The number of benzene rings is 1. The maximum Gasteiger partial charge on any atom is 0.245 e. The zero-order valence-electron chi connectivity index (χ0n) is 10.1. The van der Waals surface area contributed by atoms with Gasteiger partial charge in [-0.15, -0.1) is 5.10 Å². The average Bonchev–Trinajstić information content (AvgIpc) is 3.00. The smallest absolute Gasteiger partial charge is 0.245 e. The van der Waals surface area contributed by atoms with Crippen LogP contribution in [0.1, 0.15) is 6.42 Å². The predicted octanol–water partition coefficient (Wildman–Crippen LogP) is 1.29. The van der Waals surface area contributed by atoms with Gasteiger partial charge < -0.3 is 10.6 Å². The number of anilines is 1. The Bertz CT molecular complexity index is 598. The van der Waals surface area contributed by atoms with Crippen molar-refractivity contribution in [2.24, 2.45) is 5.73 Å². The molecule has 0 bridgehead atoms. The van der Waals surface area contributed by atoms with Gasteiger partial charge in [-0.25, -0.2) is 8.78 Å². The van der Waals surface area contributed by atoms with Crippen molar-refractivity contribution in [3.8, 4) is 11.4 Å². The maximum atomic E-state index is 13.6. The van der Waals surface area contributed by atoms with E-state index < -0.39 is 11.6 Å². The first-order valence-corrected chi connectivity index (χ1v) is 6.02. The predicted molar refractivity (Wildman–Crippen MR) is 66.5 cm³/mol. The first kappa shape index (κ1) is 12.0. The van der Waals surface area contributed by atoms with Crippen LogP contribution in [-0.4, -0.2) is 34.3 Å². The van der Waals surface area contributed by atoms with E-state index in [-0.39, 0.29) is 17.4 Å². The topological polar surface area (TPSA) is 70.8 Å². The molecule has 3 rings (SSSR count). The molecule has 1 unspecified atom stereocenters. The van der Waals surface area contributed by atoms with Gasteiger partial charge in [-0.2, -0.15) is 4.98 Å². The van der Waals surface area contributed by atoms with Crippen molar-refractivity contribution < 1.29 is 8.78 Å². The van der Waals surface area contributed by atoms with Gasteiger partial charge >= 0.3 is 0 Å². The minimum atomic E-state index is -0.540. The number of rotatable bonds is 2. The normalized spacial score (nSPS) is 19.1. The molecule has 0 aliphatic carbocycles. The number of hydrogen-bond acceptors (Lipinski definition) is 4. The highest BCUT2D eigenvalue weighted by molar-refractivity contribution is 5.57. The summed E-state index contributed by atoms with van der Waals surface area (Å²) in [6.45, 7) is 1.44. The quantitative estimate of drug-likeness (QED) is 0.858. The standard InChI is InChI=1S/C12H13F2N5/c13-7-1-2-10(14)9(5-7)11-16-12(18-17-11)19-4-3-8(15)6-19/h1-2,5,8H,3-4,6,15H2,(H,16,17,18). The Morgan fingerprint density at radius 2 is 2.21 bits per heavy atom. The van der Waals surface area contributed by atoms with E-state index in [1.165, 1.54) is 0 Å². The Labute approximate surface area is 108 Å². The third-order valence-electron chi connectivity index (χ3n) is 3.16. The van der Waals surface area contributed by atoms with Crippen molar-refractivity contribution in [3.63, 3.8) is 0 Å². The van der Waals surface area contributed by atoms with Crippen molar-refractivity contribution in [2.45, 2.75) is 12.5 Å². The molecule has 1 aromatic heterocycles. The van der Waals surface area contributed by atoms with Crippen LogP contribution in [0.2, 0.25) is 0 Å². The van der Waals surface area contributed by atoms with Gasteiger partial charge in [0.25, 0.3) is 0 Å².